The predicted molar refractivity (Wildman–Crippen MR) is 99.1 cm³/mol. The number of amides is 2. The molecule has 9 heteroatoms. The number of fused-ring (bicyclic) bond motifs is 1. The highest BCUT2D eigenvalue weighted by Crippen LogP contribution is 2.22. The van der Waals surface area contributed by atoms with Gasteiger partial charge in [-0.15, -0.1) is 10.2 Å². The molecule has 2 amide bonds. The van der Waals surface area contributed by atoms with Crippen LogP contribution < -0.4 is 0 Å². The lowest BCUT2D eigenvalue weighted by Crippen LogP contribution is -2.32. The Morgan fingerprint density at radius 1 is 0.964 bits per heavy atom. The standard InChI is InChI=1S/C19H14ClN5O3/c20-13-7-5-12(6-8-13)16(26)11-25-22-17(21-23-25)9-10-24-18(27)14-3-1-2-4-15(14)19(24)28/h1-8H,9-11H2. The number of halogens is 1. The number of carbonyl (C=O) groups excluding carboxylic acids is 3. The number of tetrazole rings is 1. The van der Waals surface area contributed by atoms with Crippen LogP contribution in [0.1, 0.15) is 36.9 Å². The quantitative estimate of drug-likeness (QED) is 0.468. The van der Waals surface area contributed by atoms with Gasteiger partial charge in [-0.05, 0) is 41.6 Å². The van der Waals surface area contributed by atoms with E-state index in [-0.39, 0.29) is 37.1 Å². The number of imide groups is 1. The molecule has 0 fully saturated rings. The zero-order chi connectivity index (χ0) is 19.7. The van der Waals surface area contributed by atoms with Gasteiger partial charge in [0, 0.05) is 23.6 Å². The first-order valence-electron chi connectivity index (χ1n) is 8.53. The lowest BCUT2D eigenvalue weighted by molar-refractivity contribution is 0.0655. The molecule has 8 nitrogen and oxygen atoms in total. The molecule has 140 valence electrons. The maximum Gasteiger partial charge on any atom is 0.261 e. The van der Waals surface area contributed by atoms with Gasteiger partial charge < -0.3 is 0 Å². The molecule has 0 saturated carbocycles. The first kappa shape index (κ1) is 18.0. The summed E-state index contributed by atoms with van der Waals surface area (Å²) in [4.78, 5) is 39.3. The van der Waals surface area contributed by atoms with Crippen molar-refractivity contribution in [3.63, 3.8) is 0 Å². The molecule has 1 aromatic heterocycles. The molecule has 0 aliphatic carbocycles. The number of hydrogen-bond donors (Lipinski definition) is 0. The van der Waals surface area contributed by atoms with Crippen molar-refractivity contribution in [1.29, 1.82) is 0 Å². The molecule has 0 radical (unpaired) electrons. The van der Waals surface area contributed by atoms with Crippen molar-refractivity contribution in [3.05, 3.63) is 76.1 Å². The molecular formula is C19H14ClN5O3. The van der Waals surface area contributed by atoms with Gasteiger partial charge in [-0.1, -0.05) is 23.7 Å². The maximum absolute atomic E-state index is 12.3. The van der Waals surface area contributed by atoms with E-state index in [1.165, 1.54) is 9.70 Å². The number of rotatable bonds is 6. The van der Waals surface area contributed by atoms with Crippen molar-refractivity contribution >= 4 is 29.2 Å². The first-order valence-corrected chi connectivity index (χ1v) is 8.91. The molecule has 0 unspecified atom stereocenters. The molecule has 2 heterocycles. The van der Waals surface area contributed by atoms with E-state index in [4.69, 9.17) is 11.6 Å². The summed E-state index contributed by atoms with van der Waals surface area (Å²) in [6, 6.07) is 13.2. The molecule has 28 heavy (non-hydrogen) atoms. The summed E-state index contributed by atoms with van der Waals surface area (Å²) >= 11 is 5.82. The van der Waals surface area contributed by atoms with Gasteiger partial charge in [0.15, 0.2) is 11.6 Å². The third-order valence-corrected chi connectivity index (χ3v) is 4.63. The Morgan fingerprint density at radius 2 is 1.61 bits per heavy atom. The zero-order valence-electron chi connectivity index (χ0n) is 14.6. The summed E-state index contributed by atoms with van der Waals surface area (Å²) in [5.74, 6) is -0.488. The molecule has 4 rings (SSSR count). The van der Waals surface area contributed by atoms with Crippen LogP contribution in [0.4, 0.5) is 0 Å². The molecule has 0 bridgehead atoms. The van der Waals surface area contributed by atoms with E-state index in [0.29, 0.717) is 27.5 Å². The fraction of sp³-hybridized carbons (Fsp3) is 0.158. The van der Waals surface area contributed by atoms with Gasteiger partial charge in [0.05, 0.1) is 11.1 Å². The number of Topliss-reactive ketones (excluding diaryl/α,β-unsaturated/α-hetero) is 1. The Hall–Kier alpha value is -3.39. The van der Waals surface area contributed by atoms with Crippen LogP contribution in [0, 0.1) is 0 Å². The number of benzene rings is 2. The fourth-order valence-corrected chi connectivity index (χ4v) is 3.08. The fourth-order valence-electron chi connectivity index (χ4n) is 2.95. The normalized spacial score (nSPS) is 13.1. The SMILES string of the molecule is O=C(Cn1nnc(CCN2C(=O)c3ccccc3C2=O)n1)c1ccc(Cl)cc1. The van der Waals surface area contributed by atoms with Crippen molar-refractivity contribution in [1.82, 2.24) is 25.1 Å². The van der Waals surface area contributed by atoms with Crippen molar-refractivity contribution < 1.29 is 14.4 Å². The van der Waals surface area contributed by atoms with Gasteiger partial charge in [0.25, 0.3) is 11.8 Å². The van der Waals surface area contributed by atoms with Crippen molar-refractivity contribution in [3.8, 4) is 0 Å². The highest BCUT2D eigenvalue weighted by Gasteiger charge is 2.34. The van der Waals surface area contributed by atoms with Crippen LogP contribution >= 0.6 is 11.6 Å². The summed E-state index contributed by atoms with van der Waals surface area (Å²) in [7, 11) is 0. The Balaban J connectivity index is 1.38. The Bertz CT molecular complexity index is 1040. The van der Waals surface area contributed by atoms with Crippen LogP contribution in [0.5, 0.6) is 0 Å². The molecule has 2 aromatic carbocycles. The van der Waals surface area contributed by atoms with E-state index >= 15 is 0 Å². The average molecular weight is 396 g/mol. The van der Waals surface area contributed by atoms with Crippen molar-refractivity contribution in [2.45, 2.75) is 13.0 Å². The number of nitrogens with zero attached hydrogens (tertiary/aromatic N) is 5. The average Bonchev–Trinajstić information content (AvgIpc) is 3.24. The van der Waals surface area contributed by atoms with Crippen LogP contribution in [0.2, 0.25) is 5.02 Å². The summed E-state index contributed by atoms with van der Waals surface area (Å²) in [6.07, 6.45) is 0.251. The minimum atomic E-state index is -0.328. The van der Waals surface area contributed by atoms with Gasteiger partial charge in [-0.3, -0.25) is 19.3 Å². The maximum atomic E-state index is 12.3. The Labute approximate surface area is 164 Å². The third kappa shape index (κ3) is 3.41. The summed E-state index contributed by atoms with van der Waals surface area (Å²) in [6.45, 7) is 0.0742. The van der Waals surface area contributed by atoms with Crippen LogP contribution in [0.25, 0.3) is 0 Å². The van der Waals surface area contributed by atoms with E-state index in [1.807, 2.05) is 0 Å². The highest BCUT2D eigenvalue weighted by molar-refractivity contribution is 6.30. The van der Waals surface area contributed by atoms with E-state index in [9.17, 15) is 14.4 Å². The molecule has 0 atom stereocenters. The molecular weight excluding hydrogens is 382 g/mol. The monoisotopic (exact) mass is 395 g/mol. The zero-order valence-corrected chi connectivity index (χ0v) is 15.3. The number of ketones is 1. The Kier molecular flexibility index (Phi) is 4.70. The number of carbonyl (C=O) groups is 3. The predicted octanol–water partition coefficient (Wildman–Crippen LogP) is 2.05. The van der Waals surface area contributed by atoms with Crippen LogP contribution in [0.15, 0.2) is 48.5 Å². The van der Waals surface area contributed by atoms with Gasteiger partial charge in [-0.2, -0.15) is 4.80 Å². The van der Waals surface area contributed by atoms with Crippen molar-refractivity contribution in [2.24, 2.45) is 0 Å². The van der Waals surface area contributed by atoms with Crippen LogP contribution in [0.3, 0.4) is 0 Å². The van der Waals surface area contributed by atoms with E-state index in [0.717, 1.165) is 0 Å². The van der Waals surface area contributed by atoms with E-state index in [2.05, 4.69) is 15.4 Å². The number of aromatic nitrogens is 4. The second-order valence-corrected chi connectivity index (χ2v) is 6.66. The lowest BCUT2D eigenvalue weighted by atomic mass is 10.1. The largest absolute Gasteiger partial charge is 0.292 e. The van der Waals surface area contributed by atoms with E-state index in [1.54, 1.807) is 48.5 Å². The second kappa shape index (κ2) is 7.32. The van der Waals surface area contributed by atoms with Gasteiger partial charge in [0.1, 0.15) is 6.54 Å². The second-order valence-electron chi connectivity index (χ2n) is 6.22. The minimum absolute atomic E-state index is 0.0678. The summed E-state index contributed by atoms with van der Waals surface area (Å²) < 4.78 is 0. The molecule has 1 aliphatic heterocycles. The minimum Gasteiger partial charge on any atom is -0.292 e. The molecule has 0 N–H and O–H groups in total. The van der Waals surface area contributed by atoms with Gasteiger partial charge >= 0.3 is 0 Å². The van der Waals surface area contributed by atoms with Gasteiger partial charge in [-0.25, -0.2) is 0 Å². The summed E-state index contributed by atoms with van der Waals surface area (Å²) in [5, 5.41) is 12.5. The summed E-state index contributed by atoms with van der Waals surface area (Å²) in [5.41, 5.74) is 1.30. The topological polar surface area (TPSA) is 98.0 Å². The first-order chi connectivity index (χ1) is 13.5. The Morgan fingerprint density at radius 3 is 2.25 bits per heavy atom. The molecule has 1 aliphatic rings. The lowest BCUT2D eigenvalue weighted by Gasteiger charge is -2.11. The van der Waals surface area contributed by atoms with Crippen molar-refractivity contribution in [2.75, 3.05) is 6.54 Å². The number of hydrogen-bond acceptors (Lipinski definition) is 6. The third-order valence-electron chi connectivity index (χ3n) is 4.38. The molecule has 0 saturated heterocycles. The molecule has 3 aromatic rings. The smallest absolute Gasteiger partial charge is 0.261 e. The highest BCUT2D eigenvalue weighted by atomic mass is 35.5. The van der Waals surface area contributed by atoms with Crippen LogP contribution in [-0.4, -0.2) is 49.2 Å². The molecule has 0 spiro atoms. The van der Waals surface area contributed by atoms with Crippen LogP contribution in [-0.2, 0) is 13.0 Å². The van der Waals surface area contributed by atoms with E-state index < -0.39 is 0 Å². The van der Waals surface area contributed by atoms with Gasteiger partial charge in [0.2, 0.25) is 0 Å².